The molecule has 2 aliphatic carbocycles. The Hall–Kier alpha value is -2.17. The molecule has 4 rings (SSSR count). The summed E-state index contributed by atoms with van der Waals surface area (Å²) in [6, 6.07) is 8.52. The van der Waals surface area contributed by atoms with Gasteiger partial charge in [-0.1, -0.05) is 25.0 Å². The number of hydrogen-bond acceptors (Lipinski definition) is 2. The van der Waals surface area contributed by atoms with Crippen LogP contribution >= 0.6 is 0 Å². The Balaban J connectivity index is 1.62. The Labute approximate surface area is 141 Å². The van der Waals surface area contributed by atoms with Crippen molar-refractivity contribution >= 4 is 5.91 Å². The summed E-state index contributed by atoms with van der Waals surface area (Å²) >= 11 is 0. The maximum atomic E-state index is 13.7. The van der Waals surface area contributed by atoms with Crippen LogP contribution in [0.1, 0.15) is 66.2 Å². The lowest BCUT2D eigenvalue weighted by Crippen LogP contribution is -2.44. The number of nitrogens with one attached hydrogen (secondary N) is 1. The second kappa shape index (κ2) is 5.72. The molecule has 0 aliphatic heterocycles. The van der Waals surface area contributed by atoms with E-state index in [1.54, 1.807) is 16.8 Å². The summed E-state index contributed by atoms with van der Waals surface area (Å²) in [4.78, 5) is 12.9. The fourth-order valence-corrected chi connectivity index (χ4v) is 3.81. The maximum Gasteiger partial charge on any atom is 0.270 e. The quantitative estimate of drug-likeness (QED) is 0.932. The number of halogens is 1. The normalized spacial score (nSPS) is 19.4. The topological polar surface area (TPSA) is 46.9 Å². The first-order valence-corrected chi connectivity index (χ1v) is 8.70. The Morgan fingerprint density at radius 2 is 2.04 bits per heavy atom. The zero-order valence-electron chi connectivity index (χ0n) is 13.9. The molecule has 1 heterocycles. The lowest BCUT2D eigenvalue weighted by Gasteiger charge is -2.31. The van der Waals surface area contributed by atoms with Gasteiger partial charge in [-0.25, -0.2) is 4.39 Å². The van der Waals surface area contributed by atoms with E-state index >= 15 is 0 Å². The van der Waals surface area contributed by atoms with E-state index in [4.69, 9.17) is 0 Å². The molecule has 0 bridgehead atoms. The van der Waals surface area contributed by atoms with E-state index in [-0.39, 0.29) is 11.7 Å². The van der Waals surface area contributed by atoms with Crippen LogP contribution in [0.3, 0.4) is 0 Å². The molecule has 2 fully saturated rings. The number of carbonyl (C=O) groups is 1. The third-order valence-electron chi connectivity index (χ3n) is 5.31. The van der Waals surface area contributed by atoms with Gasteiger partial charge in [-0.15, -0.1) is 0 Å². The van der Waals surface area contributed by atoms with Crippen molar-refractivity contribution in [1.82, 2.24) is 15.1 Å². The molecule has 0 saturated heterocycles. The van der Waals surface area contributed by atoms with Crippen molar-refractivity contribution in [1.29, 1.82) is 0 Å². The van der Waals surface area contributed by atoms with Crippen molar-refractivity contribution in [2.24, 2.45) is 7.05 Å². The van der Waals surface area contributed by atoms with Gasteiger partial charge in [-0.3, -0.25) is 9.48 Å². The molecule has 2 aliphatic rings. The Morgan fingerprint density at radius 3 is 2.71 bits per heavy atom. The smallest absolute Gasteiger partial charge is 0.270 e. The molecule has 1 N–H and O–H groups in total. The van der Waals surface area contributed by atoms with Gasteiger partial charge in [0, 0.05) is 13.0 Å². The fourth-order valence-electron chi connectivity index (χ4n) is 3.81. The van der Waals surface area contributed by atoms with E-state index in [0.29, 0.717) is 11.6 Å². The van der Waals surface area contributed by atoms with Crippen LogP contribution in [0.2, 0.25) is 0 Å². The highest BCUT2D eigenvalue weighted by atomic mass is 19.1. The van der Waals surface area contributed by atoms with Crippen molar-refractivity contribution in [2.45, 2.75) is 50.0 Å². The molecule has 1 amide bonds. The van der Waals surface area contributed by atoms with Gasteiger partial charge >= 0.3 is 0 Å². The molecule has 2 saturated carbocycles. The molecule has 1 aromatic carbocycles. The average Bonchev–Trinajstić information content (AvgIpc) is 3.18. The largest absolute Gasteiger partial charge is 0.341 e. The molecule has 24 heavy (non-hydrogen) atoms. The summed E-state index contributed by atoms with van der Waals surface area (Å²) in [5, 5.41) is 7.67. The summed E-state index contributed by atoms with van der Waals surface area (Å²) in [5.74, 6) is 0.133. The van der Waals surface area contributed by atoms with E-state index in [1.165, 1.54) is 6.07 Å². The Bertz CT molecular complexity index is 773. The van der Waals surface area contributed by atoms with Gasteiger partial charge in [-0.2, -0.15) is 5.10 Å². The number of aryl methyl sites for hydroxylation is 1. The minimum absolute atomic E-state index is 0.122. The van der Waals surface area contributed by atoms with Gasteiger partial charge in [0.15, 0.2) is 0 Å². The first-order valence-electron chi connectivity index (χ1n) is 8.70. The van der Waals surface area contributed by atoms with Gasteiger partial charge in [0.2, 0.25) is 0 Å². The van der Waals surface area contributed by atoms with Crippen LogP contribution in [-0.2, 0) is 12.6 Å². The molecule has 0 spiro atoms. The van der Waals surface area contributed by atoms with Crippen molar-refractivity contribution in [3.05, 3.63) is 53.1 Å². The van der Waals surface area contributed by atoms with Crippen molar-refractivity contribution < 1.29 is 9.18 Å². The van der Waals surface area contributed by atoms with Crippen molar-refractivity contribution in [2.75, 3.05) is 0 Å². The second-order valence-corrected chi connectivity index (χ2v) is 7.11. The summed E-state index contributed by atoms with van der Waals surface area (Å²) in [6.07, 6.45) is 6.08. The molecular weight excluding hydrogens is 305 g/mol. The van der Waals surface area contributed by atoms with E-state index in [0.717, 1.165) is 49.8 Å². The molecule has 0 unspecified atom stereocenters. The van der Waals surface area contributed by atoms with Crippen LogP contribution in [0.4, 0.5) is 4.39 Å². The minimum Gasteiger partial charge on any atom is -0.341 e. The van der Waals surface area contributed by atoms with Gasteiger partial charge < -0.3 is 5.32 Å². The van der Waals surface area contributed by atoms with Crippen LogP contribution in [0.5, 0.6) is 0 Å². The monoisotopic (exact) mass is 327 g/mol. The van der Waals surface area contributed by atoms with Crippen LogP contribution in [-0.4, -0.2) is 15.7 Å². The molecular formula is C19H22FN3O. The first kappa shape index (κ1) is 15.4. The van der Waals surface area contributed by atoms with E-state index in [9.17, 15) is 9.18 Å². The highest BCUT2D eigenvalue weighted by molar-refractivity contribution is 5.93. The summed E-state index contributed by atoms with van der Waals surface area (Å²) in [5.41, 5.74) is 1.98. The van der Waals surface area contributed by atoms with E-state index < -0.39 is 5.54 Å². The number of carbonyl (C=O) groups excluding carboxylic acids is 1. The predicted octanol–water partition coefficient (Wildman–Crippen LogP) is 3.64. The molecule has 1 aromatic heterocycles. The third kappa shape index (κ3) is 2.72. The van der Waals surface area contributed by atoms with Crippen LogP contribution in [0.15, 0.2) is 30.3 Å². The van der Waals surface area contributed by atoms with Crippen LogP contribution in [0, 0.1) is 5.82 Å². The van der Waals surface area contributed by atoms with Crippen molar-refractivity contribution in [3.63, 3.8) is 0 Å². The van der Waals surface area contributed by atoms with Gasteiger partial charge in [0.25, 0.3) is 5.91 Å². The molecule has 0 radical (unpaired) electrons. The van der Waals surface area contributed by atoms with Crippen LogP contribution in [0.25, 0.3) is 0 Å². The Morgan fingerprint density at radius 1 is 1.29 bits per heavy atom. The summed E-state index contributed by atoms with van der Waals surface area (Å²) in [6.45, 7) is 0. The molecule has 2 aromatic rings. The predicted molar refractivity (Wildman–Crippen MR) is 89.2 cm³/mol. The summed E-state index contributed by atoms with van der Waals surface area (Å²) < 4.78 is 15.4. The standard InChI is InChI=1S/C19H22FN3O/c1-23-17(12-16(22-23)13-7-8-13)18(24)21-19(9-2-3-10-19)14-5-4-6-15(20)11-14/h4-6,11-13H,2-3,7-10H2,1H3,(H,21,24). The zero-order valence-corrected chi connectivity index (χ0v) is 13.9. The lowest BCUT2D eigenvalue weighted by molar-refractivity contribution is 0.0888. The second-order valence-electron chi connectivity index (χ2n) is 7.11. The third-order valence-corrected chi connectivity index (χ3v) is 5.31. The zero-order chi connectivity index (χ0) is 16.7. The number of nitrogens with zero attached hydrogens (tertiary/aromatic N) is 2. The van der Waals surface area contributed by atoms with Gasteiger partial charge in [0.05, 0.1) is 11.2 Å². The number of aromatic nitrogens is 2. The first-order chi connectivity index (χ1) is 11.6. The van der Waals surface area contributed by atoms with Gasteiger partial charge in [0.1, 0.15) is 11.5 Å². The van der Waals surface area contributed by atoms with E-state index in [2.05, 4.69) is 10.4 Å². The molecule has 126 valence electrons. The highest BCUT2D eigenvalue weighted by Crippen LogP contribution is 2.41. The number of hydrogen-bond donors (Lipinski definition) is 1. The number of amides is 1. The fraction of sp³-hybridized carbons (Fsp3) is 0.474. The van der Waals surface area contributed by atoms with E-state index in [1.807, 2.05) is 19.2 Å². The molecule has 5 heteroatoms. The lowest BCUT2D eigenvalue weighted by atomic mass is 9.88. The van der Waals surface area contributed by atoms with Gasteiger partial charge in [-0.05, 0) is 49.4 Å². The van der Waals surface area contributed by atoms with Crippen LogP contribution < -0.4 is 5.32 Å². The summed E-state index contributed by atoms with van der Waals surface area (Å²) in [7, 11) is 1.81. The molecule has 4 nitrogen and oxygen atoms in total. The van der Waals surface area contributed by atoms with Crippen molar-refractivity contribution in [3.8, 4) is 0 Å². The average molecular weight is 327 g/mol. The highest BCUT2D eigenvalue weighted by Gasteiger charge is 2.38. The molecule has 0 atom stereocenters. The number of rotatable bonds is 4. The maximum absolute atomic E-state index is 13.7. The number of benzene rings is 1. The SMILES string of the molecule is Cn1nc(C2CC2)cc1C(=O)NC1(c2cccc(F)c2)CCCC1. The Kier molecular flexibility index (Phi) is 3.66. The minimum atomic E-state index is -0.469.